The molecule has 21 heavy (non-hydrogen) atoms. The summed E-state index contributed by atoms with van der Waals surface area (Å²) in [6.07, 6.45) is 3.82. The lowest BCUT2D eigenvalue weighted by Crippen LogP contribution is -2.36. The molecule has 1 atom stereocenters. The average molecular weight is 283 g/mol. The van der Waals surface area contributed by atoms with Crippen molar-refractivity contribution >= 4 is 5.91 Å². The number of carbonyl (C=O) groups is 1. The second-order valence-corrected chi connectivity index (χ2v) is 6.61. The van der Waals surface area contributed by atoms with Gasteiger partial charge in [0.1, 0.15) is 0 Å². The van der Waals surface area contributed by atoms with E-state index in [1.807, 2.05) is 48.3 Å². The van der Waals surface area contributed by atoms with E-state index >= 15 is 0 Å². The SMILES string of the molecule is Cn1ncc2c1CC(C)(C)C[C@H]2NC(=O)c1ccccc1. The molecule has 2 aromatic rings. The Kier molecular flexibility index (Phi) is 3.32. The molecule has 0 unspecified atom stereocenters. The maximum atomic E-state index is 12.4. The van der Waals surface area contributed by atoms with Crippen LogP contribution in [0, 0.1) is 5.41 Å². The highest BCUT2D eigenvalue weighted by Crippen LogP contribution is 2.40. The van der Waals surface area contributed by atoms with E-state index in [0.29, 0.717) is 5.56 Å². The molecule has 0 saturated carbocycles. The van der Waals surface area contributed by atoms with Gasteiger partial charge in [-0.1, -0.05) is 32.0 Å². The summed E-state index contributed by atoms with van der Waals surface area (Å²) in [5.41, 5.74) is 3.24. The van der Waals surface area contributed by atoms with E-state index in [9.17, 15) is 4.79 Å². The van der Waals surface area contributed by atoms with Crippen LogP contribution >= 0.6 is 0 Å². The van der Waals surface area contributed by atoms with E-state index in [1.165, 1.54) is 5.69 Å². The Hall–Kier alpha value is -2.10. The van der Waals surface area contributed by atoms with Gasteiger partial charge in [-0.3, -0.25) is 9.48 Å². The molecule has 1 aliphatic rings. The van der Waals surface area contributed by atoms with Crippen LogP contribution in [0.1, 0.15) is 47.9 Å². The van der Waals surface area contributed by atoms with Gasteiger partial charge in [-0.25, -0.2) is 0 Å². The molecule has 0 saturated heterocycles. The minimum Gasteiger partial charge on any atom is -0.345 e. The molecular formula is C17H21N3O. The molecule has 1 aromatic carbocycles. The Morgan fingerprint density at radius 2 is 2.05 bits per heavy atom. The number of carbonyl (C=O) groups excluding carboxylic acids is 1. The smallest absolute Gasteiger partial charge is 0.251 e. The topological polar surface area (TPSA) is 46.9 Å². The van der Waals surface area contributed by atoms with Gasteiger partial charge in [0.25, 0.3) is 5.91 Å². The van der Waals surface area contributed by atoms with Crippen LogP contribution in [0.15, 0.2) is 36.5 Å². The molecule has 4 heteroatoms. The van der Waals surface area contributed by atoms with Gasteiger partial charge in [-0.2, -0.15) is 5.10 Å². The van der Waals surface area contributed by atoms with Gasteiger partial charge in [-0.15, -0.1) is 0 Å². The summed E-state index contributed by atoms with van der Waals surface area (Å²) in [4.78, 5) is 12.4. The fourth-order valence-corrected chi connectivity index (χ4v) is 3.14. The predicted molar refractivity (Wildman–Crippen MR) is 82.0 cm³/mol. The third-order valence-corrected chi connectivity index (χ3v) is 4.21. The summed E-state index contributed by atoms with van der Waals surface area (Å²) in [5.74, 6) is -0.0203. The third-order valence-electron chi connectivity index (χ3n) is 4.21. The first-order chi connectivity index (χ1) is 9.96. The molecule has 0 aliphatic heterocycles. The first kappa shape index (κ1) is 13.9. The van der Waals surface area contributed by atoms with Crippen molar-refractivity contribution in [3.8, 4) is 0 Å². The number of nitrogens with zero attached hydrogens (tertiary/aromatic N) is 2. The van der Waals surface area contributed by atoms with Crippen molar-refractivity contribution in [3.63, 3.8) is 0 Å². The number of amides is 1. The number of benzene rings is 1. The van der Waals surface area contributed by atoms with E-state index in [-0.39, 0.29) is 17.4 Å². The normalized spacial score (nSPS) is 19.9. The van der Waals surface area contributed by atoms with Crippen LogP contribution in [0.5, 0.6) is 0 Å². The van der Waals surface area contributed by atoms with Crippen molar-refractivity contribution < 1.29 is 4.79 Å². The van der Waals surface area contributed by atoms with Crippen LogP contribution in [-0.2, 0) is 13.5 Å². The fourth-order valence-electron chi connectivity index (χ4n) is 3.14. The van der Waals surface area contributed by atoms with E-state index < -0.39 is 0 Å². The second kappa shape index (κ2) is 5.02. The monoisotopic (exact) mass is 283 g/mol. The highest BCUT2D eigenvalue weighted by molar-refractivity contribution is 5.94. The molecule has 110 valence electrons. The number of fused-ring (bicyclic) bond motifs is 1. The van der Waals surface area contributed by atoms with Crippen LogP contribution < -0.4 is 5.32 Å². The van der Waals surface area contributed by atoms with Crippen molar-refractivity contribution in [2.75, 3.05) is 0 Å². The molecule has 0 spiro atoms. The number of hydrogen-bond donors (Lipinski definition) is 1. The summed E-state index contributed by atoms with van der Waals surface area (Å²) in [7, 11) is 1.97. The lowest BCUT2D eigenvalue weighted by atomic mass is 9.74. The summed E-state index contributed by atoms with van der Waals surface area (Å²) in [6, 6.07) is 9.40. The zero-order valence-electron chi connectivity index (χ0n) is 12.8. The molecular weight excluding hydrogens is 262 g/mol. The molecule has 1 aromatic heterocycles. The zero-order valence-corrected chi connectivity index (χ0v) is 12.8. The Bertz CT molecular complexity index is 658. The molecule has 1 N–H and O–H groups in total. The van der Waals surface area contributed by atoms with E-state index in [0.717, 1.165) is 18.4 Å². The molecule has 1 heterocycles. The van der Waals surface area contributed by atoms with E-state index in [1.54, 1.807) is 0 Å². The Labute approximate surface area is 125 Å². The molecule has 1 amide bonds. The maximum Gasteiger partial charge on any atom is 0.251 e. The molecule has 1 aliphatic carbocycles. The van der Waals surface area contributed by atoms with Crippen molar-refractivity contribution in [1.82, 2.24) is 15.1 Å². The summed E-state index contributed by atoms with van der Waals surface area (Å²) < 4.78 is 1.93. The highest BCUT2D eigenvalue weighted by atomic mass is 16.1. The van der Waals surface area contributed by atoms with E-state index in [4.69, 9.17) is 0 Å². The van der Waals surface area contributed by atoms with Gasteiger partial charge in [0.05, 0.1) is 12.2 Å². The number of nitrogens with one attached hydrogen (secondary N) is 1. The average Bonchev–Trinajstić information content (AvgIpc) is 2.80. The van der Waals surface area contributed by atoms with Gasteiger partial charge < -0.3 is 5.32 Å². The Balaban J connectivity index is 1.87. The maximum absolute atomic E-state index is 12.4. The van der Waals surface area contributed by atoms with Crippen LogP contribution in [0.2, 0.25) is 0 Å². The van der Waals surface area contributed by atoms with Crippen molar-refractivity contribution in [1.29, 1.82) is 0 Å². The Morgan fingerprint density at radius 1 is 1.33 bits per heavy atom. The van der Waals surface area contributed by atoms with Crippen LogP contribution in [0.3, 0.4) is 0 Å². The molecule has 0 bridgehead atoms. The van der Waals surface area contributed by atoms with E-state index in [2.05, 4.69) is 24.3 Å². The molecule has 0 fully saturated rings. The minimum absolute atomic E-state index is 0.0203. The summed E-state index contributed by atoms with van der Waals surface area (Å²) in [5, 5.41) is 7.53. The van der Waals surface area contributed by atoms with Gasteiger partial charge >= 0.3 is 0 Å². The largest absolute Gasteiger partial charge is 0.345 e. The predicted octanol–water partition coefficient (Wildman–Crippen LogP) is 2.86. The van der Waals surface area contributed by atoms with Gasteiger partial charge in [0, 0.05) is 23.9 Å². The summed E-state index contributed by atoms with van der Waals surface area (Å²) in [6.45, 7) is 4.48. The lowest BCUT2D eigenvalue weighted by molar-refractivity contribution is 0.0919. The first-order valence-electron chi connectivity index (χ1n) is 7.33. The number of rotatable bonds is 2. The number of aromatic nitrogens is 2. The van der Waals surface area contributed by atoms with Crippen molar-refractivity contribution in [2.45, 2.75) is 32.7 Å². The van der Waals surface area contributed by atoms with Crippen molar-refractivity contribution in [2.24, 2.45) is 12.5 Å². The standard InChI is InChI=1S/C17H21N3O/c1-17(2)9-14(13-11-18-20(3)15(13)10-17)19-16(21)12-7-5-4-6-8-12/h4-8,11,14H,9-10H2,1-3H3,(H,19,21)/t14-/m1/s1. The van der Waals surface area contributed by atoms with Gasteiger partial charge in [0.15, 0.2) is 0 Å². The van der Waals surface area contributed by atoms with Crippen LogP contribution in [0.25, 0.3) is 0 Å². The minimum atomic E-state index is -0.0203. The lowest BCUT2D eigenvalue weighted by Gasteiger charge is -2.35. The van der Waals surface area contributed by atoms with Gasteiger partial charge in [0.2, 0.25) is 0 Å². The van der Waals surface area contributed by atoms with Crippen LogP contribution in [0.4, 0.5) is 0 Å². The van der Waals surface area contributed by atoms with Crippen LogP contribution in [-0.4, -0.2) is 15.7 Å². The van der Waals surface area contributed by atoms with Crippen molar-refractivity contribution in [3.05, 3.63) is 53.3 Å². The summed E-state index contributed by atoms with van der Waals surface area (Å²) >= 11 is 0. The van der Waals surface area contributed by atoms with Gasteiger partial charge in [-0.05, 0) is 30.4 Å². The Morgan fingerprint density at radius 3 is 2.76 bits per heavy atom. The second-order valence-electron chi connectivity index (χ2n) is 6.61. The number of aryl methyl sites for hydroxylation is 1. The third kappa shape index (κ3) is 2.71. The highest BCUT2D eigenvalue weighted by Gasteiger charge is 2.35. The molecule has 0 radical (unpaired) electrons. The first-order valence-corrected chi connectivity index (χ1v) is 7.33. The zero-order chi connectivity index (χ0) is 15.0. The molecule has 3 rings (SSSR count). The number of hydrogen-bond acceptors (Lipinski definition) is 2. The fraction of sp³-hybridized carbons (Fsp3) is 0.412. The quantitative estimate of drug-likeness (QED) is 0.921. The molecule has 4 nitrogen and oxygen atoms in total.